The van der Waals surface area contributed by atoms with Crippen molar-refractivity contribution < 1.29 is 4.74 Å². The second kappa shape index (κ2) is 7.10. The molecular formula is C20H25N3O2. The van der Waals surface area contributed by atoms with Crippen LogP contribution in [-0.4, -0.2) is 34.9 Å². The van der Waals surface area contributed by atoms with Crippen LogP contribution in [0, 0.1) is 0 Å². The summed E-state index contributed by atoms with van der Waals surface area (Å²) in [6.07, 6.45) is 5.34. The second-order valence-corrected chi connectivity index (χ2v) is 7.15. The molecule has 2 aromatic rings. The van der Waals surface area contributed by atoms with Crippen LogP contribution < -0.4 is 5.56 Å². The maximum absolute atomic E-state index is 12.4. The molecule has 0 saturated carbocycles. The highest BCUT2D eigenvalue weighted by atomic mass is 16.5. The number of fused-ring (bicyclic) bond motifs is 2. The number of nitrogens with zero attached hydrogens (tertiary/aromatic N) is 3. The van der Waals surface area contributed by atoms with E-state index >= 15 is 0 Å². The molecule has 0 fully saturated rings. The van der Waals surface area contributed by atoms with Gasteiger partial charge in [-0.2, -0.15) is 5.10 Å². The monoisotopic (exact) mass is 339 g/mol. The molecule has 132 valence electrons. The average Bonchev–Trinajstić information content (AvgIpc) is 2.63. The molecular weight excluding hydrogens is 314 g/mol. The van der Waals surface area contributed by atoms with Gasteiger partial charge in [0, 0.05) is 12.6 Å². The highest BCUT2D eigenvalue weighted by molar-refractivity contribution is 5.31. The van der Waals surface area contributed by atoms with Gasteiger partial charge >= 0.3 is 0 Å². The Labute approximate surface area is 148 Å². The Morgan fingerprint density at radius 1 is 1.20 bits per heavy atom. The van der Waals surface area contributed by atoms with Crippen molar-refractivity contribution in [3.05, 3.63) is 63.1 Å². The number of aryl methyl sites for hydroxylation is 2. The van der Waals surface area contributed by atoms with Crippen LogP contribution in [0.15, 0.2) is 35.1 Å². The zero-order chi connectivity index (χ0) is 17.2. The lowest BCUT2D eigenvalue weighted by atomic mass is 9.97. The molecule has 1 unspecified atom stereocenters. The first-order valence-electron chi connectivity index (χ1n) is 9.18. The molecule has 0 spiro atoms. The van der Waals surface area contributed by atoms with Gasteiger partial charge in [-0.1, -0.05) is 24.3 Å². The van der Waals surface area contributed by atoms with Crippen molar-refractivity contribution in [1.82, 2.24) is 14.7 Å². The minimum Gasteiger partial charge on any atom is -0.372 e. The fourth-order valence-corrected chi connectivity index (χ4v) is 3.90. The number of rotatable bonds is 4. The highest BCUT2D eigenvalue weighted by Gasteiger charge is 2.22. The van der Waals surface area contributed by atoms with E-state index in [-0.39, 0.29) is 11.7 Å². The molecule has 1 aliphatic heterocycles. The summed E-state index contributed by atoms with van der Waals surface area (Å²) in [6, 6.07) is 10.3. The Morgan fingerprint density at radius 3 is 2.96 bits per heavy atom. The van der Waals surface area contributed by atoms with Crippen molar-refractivity contribution in [2.24, 2.45) is 0 Å². The summed E-state index contributed by atoms with van der Waals surface area (Å²) in [4.78, 5) is 14.5. The number of hydrogen-bond donors (Lipinski definition) is 0. The smallest absolute Gasteiger partial charge is 0.268 e. The molecule has 5 heteroatoms. The molecule has 2 heterocycles. The van der Waals surface area contributed by atoms with Crippen LogP contribution in [0.5, 0.6) is 0 Å². The highest BCUT2D eigenvalue weighted by Crippen LogP contribution is 2.27. The molecule has 1 aromatic heterocycles. The lowest BCUT2D eigenvalue weighted by Crippen LogP contribution is -2.36. The largest absolute Gasteiger partial charge is 0.372 e. The van der Waals surface area contributed by atoms with Crippen molar-refractivity contribution in [3.63, 3.8) is 0 Å². The molecule has 0 radical (unpaired) electrons. The fraction of sp³-hybridized carbons (Fsp3) is 0.500. The van der Waals surface area contributed by atoms with E-state index in [0.29, 0.717) is 6.67 Å². The summed E-state index contributed by atoms with van der Waals surface area (Å²) in [5.74, 6) is 0. The van der Waals surface area contributed by atoms with Gasteiger partial charge in [-0.05, 0) is 55.8 Å². The summed E-state index contributed by atoms with van der Waals surface area (Å²) >= 11 is 0. The van der Waals surface area contributed by atoms with Crippen LogP contribution in [0.4, 0.5) is 0 Å². The molecule has 0 saturated heterocycles. The Bertz CT molecular complexity index is 815. The quantitative estimate of drug-likeness (QED) is 0.858. The topological polar surface area (TPSA) is 47.4 Å². The van der Waals surface area contributed by atoms with E-state index in [9.17, 15) is 4.79 Å². The van der Waals surface area contributed by atoms with Gasteiger partial charge in [-0.25, -0.2) is 4.68 Å². The lowest BCUT2D eigenvalue weighted by molar-refractivity contribution is 0.0143. The Balaban J connectivity index is 1.48. The van der Waals surface area contributed by atoms with Crippen molar-refractivity contribution >= 4 is 0 Å². The van der Waals surface area contributed by atoms with Crippen LogP contribution >= 0.6 is 0 Å². The molecule has 1 aromatic carbocycles. The molecule has 5 nitrogen and oxygen atoms in total. The van der Waals surface area contributed by atoms with Gasteiger partial charge in [0.05, 0.1) is 25.1 Å². The predicted molar refractivity (Wildman–Crippen MR) is 96.6 cm³/mol. The fourth-order valence-electron chi connectivity index (χ4n) is 3.90. The average molecular weight is 339 g/mol. The van der Waals surface area contributed by atoms with Crippen molar-refractivity contribution in [2.75, 3.05) is 20.2 Å². The molecule has 2 aliphatic rings. The maximum Gasteiger partial charge on any atom is 0.268 e. The predicted octanol–water partition coefficient (Wildman–Crippen LogP) is 2.33. The molecule has 1 aliphatic carbocycles. The summed E-state index contributed by atoms with van der Waals surface area (Å²) in [6.45, 7) is 2.00. The van der Waals surface area contributed by atoms with Crippen molar-refractivity contribution in [3.8, 4) is 0 Å². The van der Waals surface area contributed by atoms with E-state index in [0.717, 1.165) is 50.1 Å². The van der Waals surface area contributed by atoms with E-state index in [1.165, 1.54) is 17.5 Å². The minimum atomic E-state index is -0.00235. The van der Waals surface area contributed by atoms with Gasteiger partial charge in [0.15, 0.2) is 0 Å². The third-order valence-electron chi connectivity index (χ3n) is 5.22. The van der Waals surface area contributed by atoms with Crippen molar-refractivity contribution in [1.29, 1.82) is 0 Å². The van der Waals surface area contributed by atoms with Gasteiger partial charge in [-0.3, -0.25) is 9.69 Å². The van der Waals surface area contributed by atoms with E-state index in [1.54, 1.807) is 10.7 Å². The number of hydrogen-bond acceptors (Lipinski definition) is 4. The number of likely N-dealkylation sites (N-methyl/N-ethyl adjacent to an activating group) is 1. The summed E-state index contributed by atoms with van der Waals surface area (Å²) in [5, 5.41) is 4.61. The molecule has 0 bridgehead atoms. The normalized spacial score (nSPS) is 19.5. The zero-order valence-electron chi connectivity index (χ0n) is 14.8. The van der Waals surface area contributed by atoms with Crippen molar-refractivity contribution in [2.45, 2.75) is 44.9 Å². The number of ether oxygens (including phenoxy) is 1. The van der Waals surface area contributed by atoms with Gasteiger partial charge in [-0.15, -0.1) is 0 Å². The SMILES string of the molecule is CN(CC1OCCc2ccccc21)Cn1nc2c(cc1=O)CCCC2. The van der Waals surface area contributed by atoms with E-state index in [2.05, 4.69) is 34.3 Å². The van der Waals surface area contributed by atoms with E-state index in [4.69, 9.17) is 4.74 Å². The van der Waals surface area contributed by atoms with Gasteiger partial charge in [0.2, 0.25) is 0 Å². The first-order chi connectivity index (χ1) is 12.2. The van der Waals surface area contributed by atoms with Gasteiger partial charge in [0.25, 0.3) is 5.56 Å². The second-order valence-electron chi connectivity index (χ2n) is 7.15. The number of aromatic nitrogens is 2. The molecule has 25 heavy (non-hydrogen) atoms. The molecule has 0 N–H and O–H groups in total. The first-order valence-corrected chi connectivity index (χ1v) is 9.18. The minimum absolute atomic E-state index is 0.00235. The molecule has 0 amide bonds. The summed E-state index contributed by atoms with van der Waals surface area (Å²) in [5.41, 5.74) is 4.87. The Morgan fingerprint density at radius 2 is 2.04 bits per heavy atom. The van der Waals surface area contributed by atoms with Crippen LogP contribution in [0.3, 0.4) is 0 Å². The molecule has 4 rings (SSSR count). The maximum atomic E-state index is 12.4. The number of benzene rings is 1. The van der Waals surface area contributed by atoms with Gasteiger partial charge < -0.3 is 4.74 Å². The third kappa shape index (κ3) is 3.53. The molecule has 1 atom stereocenters. The van der Waals surface area contributed by atoms with Gasteiger partial charge in [0.1, 0.15) is 0 Å². The van der Waals surface area contributed by atoms with E-state index < -0.39 is 0 Å². The van der Waals surface area contributed by atoms with Crippen LogP contribution in [0.2, 0.25) is 0 Å². The standard InChI is InChI=1S/C20H25N3O2/c1-22(13-19-17-8-4-2-6-15(17)10-11-25-19)14-23-20(24)12-16-7-3-5-9-18(16)21-23/h2,4,6,8,12,19H,3,5,7,9-11,13-14H2,1H3. The first kappa shape index (κ1) is 16.5. The zero-order valence-corrected chi connectivity index (χ0v) is 14.8. The van der Waals surface area contributed by atoms with Crippen LogP contribution in [0.25, 0.3) is 0 Å². The Kier molecular flexibility index (Phi) is 4.68. The van der Waals surface area contributed by atoms with E-state index in [1.807, 2.05) is 7.05 Å². The van der Waals surface area contributed by atoms with Crippen LogP contribution in [0.1, 0.15) is 41.3 Å². The lowest BCUT2D eigenvalue weighted by Gasteiger charge is -2.29. The van der Waals surface area contributed by atoms with Crippen LogP contribution in [-0.2, 0) is 30.7 Å². The third-order valence-corrected chi connectivity index (χ3v) is 5.22. The summed E-state index contributed by atoms with van der Waals surface area (Å²) < 4.78 is 7.58. The Hall–Kier alpha value is -1.98. The summed E-state index contributed by atoms with van der Waals surface area (Å²) in [7, 11) is 2.02.